The smallest absolute Gasteiger partial charge is 0.318 e. The minimum Gasteiger partial charge on any atom is -0.354 e. The zero-order valence-corrected chi connectivity index (χ0v) is 14.4. The molecule has 0 aliphatic carbocycles. The molecule has 4 heterocycles. The van der Waals surface area contributed by atoms with Crippen LogP contribution in [0.25, 0.3) is 11.0 Å². The molecule has 132 valence electrons. The lowest BCUT2D eigenvalue weighted by Gasteiger charge is -2.35. The molecule has 2 amide bonds. The third-order valence-electron chi connectivity index (χ3n) is 5.33. The van der Waals surface area contributed by atoms with Crippen molar-refractivity contribution in [2.75, 3.05) is 38.1 Å². The number of anilines is 1. The first-order valence-electron chi connectivity index (χ1n) is 8.73. The molecule has 2 aliphatic rings. The third-order valence-corrected chi connectivity index (χ3v) is 5.33. The van der Waals surface area contributed by atoms with Gasteiger partial charge in [0.25, 0.3) is 0 Å². The Bertz CT molecular complexity index is 801. The highest BCUT2D eigenvalue weighted by Gasteiger charge is 2.48. The maximum Gasteiger partial charge on any atom is 0.318 e. The van der Waals surface area contributed by atoms with Crippen LogP contribution in [0.4, 0.5) is 10.6 Å². The fraction of sp³-hybridized carbons (Fsp3) is 0.529. The van der Waals surface area contributed by atoms with E-state index in [0.717, 1.165) is 55.7 Å². The Kier molecular flexibility index (Phi) is 4.03. The number of carbonyl (C=O) groups is 1. The van der Waals surface area contributed by atoms with Crippen LogP contribution in [-0.4, -0.2) is 70.9 Å². The number of rotatable bonds is 3. The van der Waals surface area contributed by atoms with Crippen molar-refractivity contribution in [2.45, 2.75) is 24.8 Å². The standard InChI is InChI=1S/C17H23N7O/c1-18-7-8-20-16(25)24-9-2-4-17(24)5-10-23(11-17)15-13-3-6-19-14(13)21-12-22-15/h3,6-7,12H,2,4-5,8-11H2,1H3,(H,20,25)(H,19,21,22). The summed E-state index contributed by atoms with van der Waals surface area (Å²) < 4.78 is 0. The number of nitrogens with zero attached hydrogens (tertiary/aromatic N) is 5. The monoisotopic (exact) mass is 341 g/mol. The van der Waals surface area contributed by atoms with Crippen molar-refractivity contribution >= 4 is 29.1 Å². The number of carbonyl (C=O) groups excluding carboxylic acids is 1. The van der Waals surface area contributed by atoms with Crippen LogP contribution < -0.4 is 10.2 Å². The summed E-state index contributed by atoms with van der Waals surface area (Å²) in [6, 6.07) is 2.02. The summed E-state index contributed by atoms with van der Waals surface area (Å²) in [6.45, 7) is 3.00. The summed E-state index contributed by atoms with van der Waals surface area (Å²) in [7, 11) is 1.71. The average Bonchev–Trinajstić information content (AvgIpc) is 3.35. The van der Waals surface area contributed by atoms with Crippen molar-refractivity contribution < 1.29 is 4.79 Å². The molecular formula is C17H23N7O. The van der Waals surface area contributed by atoms with Crippen LogP contribution in [0.1, 0.15) is 19.3 Å². The number of aliphatic imine (C=N–C) groups is 1. The fourth-order valence-electron chi connectivity index (χ4n) is 4.15. The number of urea groups is 1. The van der Waals surface area contributed by atoms with Gasteiger partial charge < -0.3 is 20.1 Å². The lowest BCUT2D eigenvalue weighted by molar-refractivity contribution is 0.158. The first-order valence-corrected chi connectivity index (χ1v) is 8.73. The Balaban J connectivity index is 1.54. The van der Waals surface area contributed by atoms with Gasteiger partial charge in [0, 0.05) is 39.1 Å². The van der Waals surface area contributed by atoms with Crippen molar-refractivity contribution in [1.29, 1.82) is 0 Å². The maximum atomic E-state index is 12.6. The Morgan fingerprint density at radius 3 is 3.24 bits per heavy atom. The summed E-state index contributed by atoms with van der Waals surface area (Å²) in [6.07, 6.45) is 8.26. The zero-order valence-electron chi connectivity index (χ0n) is 14.4. The number of hydrogen-bond acceptors (Lipinski definition) is 5. The van der Waals surface area contributed by atoms with Gasteiger partial charge >= 0.3 is 6.03 Å². The van der Waals surface area contributed by atoms with Gasteiger partial charge in [-0.2, -0.15) is 0 Å². The Morgan fingerprint density at radius 2 is 2.36 bits per heavy atom. The van der Waals surface area contributed by atoms with Gasteiger partial charge in [0.05, 0.1) is 17.5 Å². The lowest BCUT2D eigenvalue weighted by Crippen LogP contribution is -2.53. The van der Waals surface area contributed by atoms with E-state index in [4.69, 9.17) is 0 Å². The van der Waals surface area contributed by atoms with Gasteiger partial charge in [-0.3, -0.25) is 4.99 Å². The van der Waals surface area contributed by atoms with E-state index in [-0.39, 0.29) is 11.6 Å². The predicted molar refractivity (Wildman–Crippen MR) is 97.2 cm³/mol. The first-order chi connectivity index (χ1) is 12.2. The quantitative estimate of drug-likeness (QED) is 0.826. The maximum absolute atomic E-state index is 12.6. The second-order valence-electron chi connectivity index (χ2n) is 6.72. The molecule has 1 unspecified atom stereocenters. The molecule has 2 N–H and O–H groups in total. The zero-order chi connectivity index (χ0) is 17.3. The summed E-state index contributed by atoms with van der Waals surface area (Å²) in [5.74, 6) is 0.952. The van der Waals surface area contributed by atoms with Crippen molar-refractivity contribution in [3.8, 4) is 0 Å². The second-order valence-corrected chi connectivity index (χ2v) is 6.72. The molecular weight excluding hydrogens is 318 g/mol. The molecule has 0 radical (unpaired) electrons. The van der Waals surface area contributed by atoms with E-state index in [0.29, 0.717) is 6.54 Å². The molecule has 2 saturated heterocycles. The highest BCUT2D eigenvalue weighted by Crippen LogP contribution is 2.39. The van der Waals surface area contributed by atoms with Crippen LogP contribution in [0.2, 0.25) is 0 Å². The van der Waals surface area contributed by atoms with Crippen molar-refractivity contribution in [3.05, 3.63) is 18.6 Å². The molecule has 25 heavy (non-hydrogen) atoms. The molecule has 2 aromatic rings. The van der Waals surface area contributed by atoms with Gasteiger partial charge in [-0.05, 0) is 25.3 Å². The molecule has 2 aromatic heterocycles. The van der Waals surface area contributed by atoms with Crippen molar-refractivity contribution in [3.63, 3.8) is 0 Å². The highest BCUT2D eigenvalue weighted by molar-refractivity contribution is 5.87. The molecule has 0 aromatic carbocycles. The van der Waals surface area contributed by atoms with Gasteiger partial charge in [-0.25, -0.2) is 14.8 Å². The Hall–Kier alpha value is -2.64. The van der Waals surface area contributed by atoms with E-state index in [1.807, 2.05) is 17.2 Å². The molecule has 0 bridgehead atoms. The van der Waals surface area contributed by atoms with Crippen LogP contribution in [-0.2, 0) is 0 Å². The summed E-state index contributed by atoms with van der Waals surface area (Å²) in [4.78, 5) is 32.7. The number of aromatic amines is 1. The number of hydrogen-bond donors (Lipinski definition) is 2. The number of H-pyrrole nitrogens is 1. The van der Waals surface area contributed by atoms with Gasteiger partial charge in [0.15, 0.2) is 0 Å². The van der Waals surface area contributed by atoms with E-state index in [1.54, 1.807) is 19.6 Å². The van der Waals surface area contributed by atoms with Crippen LogP contribution in [0.15, 0.2) is 23.6 Å². The average molecular weight is 341 g/mol. The summed E-state index contributed by atoms with van der Waals surface area (Å²) in [5.41, 5.74) is 0.756. The molecule has 0 saturated carbocycles. The number of aromatic nitrogens is 3. The van der Waals surface area contributed by atoms with Gasteiger partial charge in [-0.1, -0.05) is 0 Å². The minimum absolute atomic E-state index is 0.00808. The van der Waals surface area contributed by atoms with Crippen molar-refractivity contribution in [1.82, 2.24) is 25.2 Å². The van der Waals surface area contributed by atoms with Crippen LogP contribution in [0, 0.1) is 0 Å². The fourth-order valence-corrected chi connectivity index (χ4v) is 4.15. The molecule has 1 atom stereocenters. The summed E-state index contributed by atoms with van der Waals surface area (Å²) in [5, 5.41) is 3.98. The predicted octanol–water partition coefficient (Wildman–Crippen LogP) is 1.41. The Morgan fingerprint density at radius 1 is 1.44 bits per heavy atom. The molecule has 8 nitrogen and oxygen atoms in total. The van der Waals surface area contributed by atoms with E-state index in [2.05, 4.69) is 30.2 Å². The van der Waals surface area contributed by atoms with Crippen LogP contribution in [0.5, 0.6) is 0 Å². The van der Waals surface area contributed by atoms with E-state index < -0.39 is 0 Å². The van der Waals surface area contributed by atoms with Gasteiger partial charge in [-0.15, -0.1) is 0 Å². The first kappa shape index (κ1) is 15.9. The molecule has 2 fully saturated rings. The normalized spacial score (nSPS) is 23.4. The molecule has 2 aliphatic heterocycles. The molecule has 1 spiro atoms. The van der Waals surface area contributed by atoms with Gasteiger partial charge in [0.2, 0.25) is 0 Å². The Labute approximate surface area is 146 Å². The molecule has 8 heteroatoms. The number of likely N-dealkylation sites (tertiary alicyclic amines) is 1. The van der Waals surface area contributed by atoms with Gasteiger partial charge in [0.1, 0.15) is 17.8 Å². The lowest BCUT2D eigenvalue weighted by atomic mass is 9.95. The van der Waals surface area contributed by atoms with Crippen LogP contribution in [0.3, 0.4) is 0 Å². The second kappa shape index (κ2) is 6.34. The number of amides is 2. The topological polar surface area (TPSA) is 89.5 Å². The van der Waals surface area contributed by atoms with E-state index in [9.17, 15) is 4.79 Å². The minimum atomic E-state index is -0.0962. The highest BCUT2D eigenvalue weighted by atomic mass is 16.2. The number of fused-ring (bicyclic) bond motifs is 1. The summed E-state index contributed by atoms with van der Waals surface area (Å²) >= 11 is 0. The third kappa shape index (κ3) is 2.71. The van der Waals surface area contributed by atoms with Crippen LogP contribution >= 0.6 is 0 Å². The van der Waals surface area contributed by atoms with E-state index >= 15 is 0 Å². The largest absolute Gasteiger partial charge is 0.354 e. The number of nitrogens with one attached hydrogen (secondary N) is 2. The molecule has 4 rings (SSSR count). The van der Waals surface area contributed by atoms with Crippen molar-refractivity contribution in [2.24, 2.45) is 4.99 Å². The van der Waals surface area contributed by atoms with E-state index in [1.165, 1.54) is 0 Å². The SMILES string of the molecule is CN=CCNC(=O)N1CCCC12CCN(c1ncnc3[nH]ccc13)C2.